The molecule has 1 amide bonds. The predicted molar refractivity (Wildman–Crippen MR) is 181 cm³/mol. The molecule has 14 heteroatoms. The first-order valence-electron chi connectivity index (χ1n) is 14.4. The third-order valence-corrected chi connectivity index (χ3v) is 9.86. The first-order valence-corrected chi connectivity index (χ1v) is 17.0. The Morgan fingerprint density at radius 1 is 1.06 bits per heavy atom. The normalized spacial score (nSPS) is 16.7. The molecule has 1 aromatic heterocycles. The number of hydrogen-bond acceptors (Lipinski definition) is 11. The van der Waals surface area contributed by atoms with E-state index in [1.165, 1.54) is 16.7 Å². The average molecular weight is 713 g/mol. The maximum atomic E-state index is 13.8. The molecule has 2 aliphatic rings. The Bertz CT molecular complexity index is 1900. The van der Waals surface area contributed by atoms with Crippen molar-refractivity contribution in [1.82, 2.24) is 10.2 Å². The van der Waals surface area contributed by atoms with Gasteiger partial charge in [0.2, 0.25) is 5.13 Å². The molecule has 1 fully saturated rings. The van der Waals surface area contributed by atoms with E-state index >= 15 is 0 Å². The summed E-state index contributed by atoms with van der Waals surface area (Å²) in [6.45, 7) is 6.83. The van der Waals surface area contributed by atoms with Gasteiger partial charge in [-0.05, 0) is 60.5 Å². The van der Waals surface area contributed by atoms with Crippen molar-refractivity contribution in [2.45, 2.75) is 23.1 Å². The SMILES string of the molecule is C=CCOc1ccc(C2C(=C(O)c3ccc4c(c3)OCCO4)C(=O)C(=O)N2c2nnc(SCc3ccc(Cl)cc3Cl)s2)cc1OCC. The van der Waals surface area contributed by atoms with E-state index in [9.17, 15) is 14.7 Å². The first kappa shape index (κ1) is 32.7. The molecule has 0 spiro atoms. The fraction of sp³-hybridized carbons (Fsp3) is 0.212. The van der Waals surface area contributed by atoms with Crippen molar-refractivity contribution in [1.29, 1.82) is 0 Å². The highest BCUT2D eigenvalue weighted by Crippen LogP contribution is 2.46. The molecule has 0 aliphatic carbocycles. The van der Waals surface area contributed by atoms with Gasteiger partial charge in [-0.2, -0.15) is 0 Å². The highest BCUT2D eigenvalue weighted by Gasteiger charge is 2.48. The Morgan fingerprint density at radius 2 is 1.87 bits per heavy atom. The van der Waals surface area contributed by atoms with Gasteiger partial charge in [-0.3, -0.25) is 14.5 Å². The van der Waals surface area contributed by atoms with Crippen LogP contribution in [0.15, 0.2) is 77.2 Å². The number of aliphatic hydroxyl groups is 1. The van der Waals surface area contributed by atoms with Gasteiger partial charge in [-0.15, -0.1) is 10.2 Å². The Kier molecular flexibility index (Phi) is 9.92. The van der Waals surface area contributed by atoms with Gasteiger partial charge in [-0.25, -0.2) is 0 Å². The van der Waals surface area contributed by atoms with Crippen LogP contribution in [0.4, 0.5) is 5.13 Å². The monoisotopic (exact) mass is 711 g/mol. The van der Waals surface area contributed by atoms with Crippen molar-refractivity contribution >= 4 is 68.9 Å². The van der Waals surface area contributed by atoms with E-state index in [1.807, 2.05) is 13.0 Å². The Labute approximate surface area is 288 Å². The van der Waals surface area contributed by atoms with E-state index in [0.717, 1.165) is 16.9 Å². The lowest BCUT2D eigenvalue weighted by Gasteiger charge is -2.24. The van der Waals surface area contributed by atoms with Crippen molar-refractivity contribution in [2.75, 3.05) is 31.3 Å². The zero-order valence-electron chi connectivity index (χ0n) is 24.9. The van der Waals surface area contributed by atoms with Crippen LogP contribution in [0.3, 0.4) is 0 Å². The summed E-state index contributed by atoms with van der Waals surface area (Å²) in [5.74, 6) is 0.118. The minimum Gasteiger partial charge on any atom is -0.507 e. The van der Waals surface area contributed by atoms with E-state index in [0.29, 0.717) is 68.5 Å². The summed E-state index contributed by atoms with van der Waals surface area (Å²) >= 11 is 14.9. The van der Waals surface area contributed by atoms with Gasteiger partial charge in [0.25, 0.3) is 5.78 Å². The van der Waals surface area contributed by atoms with E-state index in [2.05, 4.69) is 16.8 Å². The van der Waals surface area contributed by atoms with E-state index in [-0.39, 0.29) is 28.6 Å². The number of rotatable bonds is 11. The molecule has 47 heavy (non-hydrogen) atoms. The van der Waals surface area contributed by atoms with E-state index in [1.54, 1.807) is 54.6 Å². The second-order valence-corrected chi connectivity index (χ2v) is 13.2. The van der Waals surface area contributed by atoms with Crippen LogP contribution in [-0.2, 0) is 15.3 Å². The summed E-state index contributed by atoms with van der Waals surface area (Å²) in [5.41, 5.74) is 1.47. The van der Waals surface area contributed by atoms with Crippen LogP contribution in [0.2, 0.25) is 10.0 Å². The molecule has 0 radical (unpaired) electrons. The minimum atomic E-state index is -1.08. The fourth-order valence-corrected chi connectivity index (χ4v) is 7.48. The van der Waals surface area contributed by atoms with Crippen LogP contribution in [-0.4, -0.2) is 53.4 Å². The summed E-state index contributed by atoms with van der Waals surface area (Å²) in [6.07, 6.45) is 1.61. The van der Waals surface area contributed by atoms with Crippen LogP contribution < -0.4 is 23.8 Å². The van der Waals surface area contributed by atoms with Gasteiger partial charge >= 0.3 is 5.91 Å². The molecule has 10 nitrogen and oxygen atoms in total. The molecule has 3 heterocycles. The fourth-order valence-electron chi connectivity index (χ4n) is 5.06. The van der Waals surface area contributed by atoms with Crippen LogP contribution >= 0.6 is 46.3 Å². The number of aromatic nitrogens is 2. The summed E-state index contributed by atoms with van der Waals surface area (Å²) in [4.78, 5) is 28.8. The molecular formula is C33H27Cl2N3O7S2. The smallest absolute Gasteiger partial charge is 0.301 e. The molecule has 242 valence electrons. The number of ether oxygens (including phenoxy) is 4. The molecule has 6 rings (SSSR count). The number of nitrogens with zero attached hydrogens (tertiary/aromatic N) is 3. The number of aliphatic hydroxyl groups excluding tert-OH is 1. The second kappa shape index (κ2) is 14.3. The number of halogens is 2. The van der Waals surface area contributed by atoms with Gasteiger partial charge in [0.05, 0.1) is 18.2 Å². The van der Waals surface area contributed by atoms with Crippen molar-refractivity contribution in [2.24, 2.45) is 0 Å². The number of ketones is 1. The third-order valence-electron chi connectivity index (χ3n) is 7.17. The summed E-state index contributed by atoms with van der Waals surface area (Å²) in [6, 6.07) is 14.1. The predicted octanol–water partition coefficient (Wildman–Crippen LogP) is 7.50. The number of carbonyl (C=O) groups excluding carboxylic acids is 2. The average Bonchev–Trinajstić information content (AvgIpc) is 3.64. The number of benzene rings is 3. The molecule has 2 aliphatic heterocycles. The lowest BCUT2D eigenvalue weighted by molar-refractivity contribution is -0.132. The van der Waals surface area contributed by atoms with Gasteiger partial charge in [-0.1, -0.05) is 71.1 Å². The summed E-state index contributed by atoms with van der Waals surface area (Å²) < 4.78 is 23.5. The van der Waals surface area contributed by atoms with Crippen molar-refractivity contribution in [3.05, 3.63) is 99.6 Å². The number of thioether (sulfide) groups is 1. The van der Waals surface area contributed by atoms with Crippen LogP contribution in [0.25, 0.3) is 5.76 Å². The zero-order valence-corrected chi connectivity index (χ0v) is 28.0. The Morgan fingerprint density at radius 3 is 2.64 bits per heavy atom. The van der Waals surface area contributed by atoms with Crippen molar-refractivity contribution in [3.8, 4) is 23.0 Å². The molecule has 0 bridgehead atoms. The topological polar surface area (TPSA) is 120 Å². The Hall–Kier alpha value is -4.23. The maximum Gasteiger partial charge on any atom is 0.301 e. The molecule has 1 saturated heterocycles. The molecule has 1 unspecified atom stereocenters. The summed E-state index contributed by atoms with van der Waals surface area (Å²) in [7, 11) is 0. The minimum absolute atomic E-state index is 0.133. The Balaban J connectivity index is 1.42. The molecule has 4 aromatic rings. The van der Waals surface area contributed by atoms with Crippen molar-refractivity contribution < 1.29 is 33.6 Å². The number of carbonyl (C=O) groups is 2. The standard InChI is InChI=1S/C33H27Cl2N3O7S2/c1-3-11-43-23-9-6-18(14-25(23)42-4-2)28-27(29(39)19-7-10-24-26(15-19)45-13-12-44-24)30(40)31(41)38(28)32-36-37-33(47-32)46-17-20-5-8-21(34)16-22(20)35/h3,5-10,14-16,28,39H,1,4,11-13,17H2,2H3. The molecule has 1 N–H and O–H groups in total. The molecule has 1 atom stereocenters. The van der Waals surface area contributed by atoms with Gasteiger partial charge in [0, 0.05) is 21.4 Å². The van der Waals surface area contributed by atoms with Crippen LogP contribution in [0, 0.1) is 0 Å². The number of hydrogen-bond donors (Lipinski definition) is 1. The molecule has 3 aromatic carbocycles. The quantitative estimate of drug-likeness (QED) is 0.0418. The van der Waals surface area contributed by atoms with E-state index in [4.69, 9.17) is 42.1 Å². The van der Waals surface area contributed by atoms with Gasteiger partial charge in [0.15, 0.2) is 27.3 Å². The van der Waals surface area contributed by atoms with Gasteiger partial charge < -0.3 is 24.1 Å². The van der Waals surface area contributed by atoms with Crippen LogP contribution in [0.5, 0.6) is 23.0 Å². The molecular weight excluding hydrogens is 685 g/mol. The summed E-state index contributed by atoms with van der Waals surface area (Å²) in [5, 5.41) is 21.5. The molecule has 0 saturated carbocycles. The van der Waals surface area contributed by atoms with E-state index < -0.39 is 17.7 Å². The second-order valence-electron chi connectivity index (χ2n) is 10.1. The highest BCUT2D eigenvalue weighted by atomic mass is 35.5. The lowest BCUT2D eigenvalue weighted by atomic mass is 9.95. The van der Waals surface area contributed by atoms with Gasteiger partial charge in [0.1, 0.15) is 25.6 Å². The number of amides is 1. The first-order chi connectivity index (χ1) is 22.8. The largest absolute Gasteiger partial charge is 0.507 e. The maximum absolute atomic E-state index is 13.8. The number of Topliss-reactive ketones (excluding diaryl/α,β-unsaturated/α-hetero) is 1. The highest BCUT2D eigenvalue weighted by molar-refractivity contribution is 8.00. The lowest BCUT2D eigenvalue weighted by Crippen LogP contribution is -2.29. The third kappa shape index (κ3) is 6.77. The van der Waals surface area contributed by atoms with Crippen LogP contribution in [0.1, 0.15) is 29.7 Å². The zero-order chi connectivity index (χ0) is 33.1. The number of fused-ring (bicyclic) bond motifs is 1. The van der Waals surface area contributed by atoms with Crippen molar-refractivity contribution in [3.63, 3.8) is 0 Å². The number of anilines is 1.